The van der Waals surface area contributed by atoms with Crippen LogP contribution in [0.1, 0.15) is 25.3 Å². The molecule has 1 aromatic rings. The summed E-state index contributed by atoms with van der Waals surface area (Å²) in [4.78, 5) is 25.4. The molecule has 1 fully saturated rings. The lowest BCUT2D eigenvalue weighted by atomic mass is 9.82. The van der Waals surface area contributed by atoms with E-state index in [-0.39, 0.29) is 18.9 Å². The first-order valence-corrected chi connectivity index (χ1v) is 7.09. The van der Waals surface area contributed by atoms with Crippen molar-refractivity contribution in [2.45, 2.75) is 26.2 Å². The number of nitrogens with zero attached hydrogens (tertiary/aromatic N) is 1. The van der Waals surface area contributed by atoms with Crippen molar-refractivity contribution < 1.29 is 19.4 Å². The second-order valence-electron chi connectivity index (χ2n) is 5.77. The molecule has 0 aliphatic carbocycles. The standard InChI is InChI=1S/C16H21NO4/c1-16(15(19)20)8-5-9-17(11-16)14(18)10-12-6-3-4-7-13(12)21-2/h3-4,6-7H,5,8-11H2,1-2H3,(H,19,20). The van der Waals surface area contributed by atoms with Crippen LogP contribution in [-0.4, -0.2) is 42.1 Å². The van der Waals surface area contributed by atoms with Gasteiger partial charge in [0.25, 0.3) is 0 Å². The minimum atomic E-state index is -0.839. The van der Waals surface area contributed by atoms with Gasteiger partial charge in [0.15, 0.2) is 0 Å². The van der Waals surface area contributed by atoms with Crippen LogP contribution in [0.15, 0.2) is 24.3 Å². The van der Waals surface area contributed by atoms with Gasteiger partial charge >= 0.3 is 5.97 Å². The Morgan fingerprint density at radius 3 is 2.76 bits per heavy atom. The van der Waals surface area contributed by atoms with Crippen LogP contribution in [0.5, 0.6) is 5.75 Å². The molecule has 1 aliphatic rings. The van der Waals surface area contributed by atoms with Crippen molar-refractivity contribution >= 4 is 11.9 Å². The number of rotatable bonds is 4. The summed E-state index contributed by atoms with van der Waals surface area (Å²) in [7, 11) is 1.58. The van der Waals surface area contributed by atoms with Crippen LogP contribution in [-0.2, 0) is 16.0 Å². The van der Waals surface area contributed by atoms with Crippen LogP contribution >= 0.6 is 0 Å². The number of benzene rings is 1. The van der Waals surface area contributed by atoms with Crippen molar-refractivity contribution in [3.05, 3.63) is 29.8 Å². The van der Waals surface area contributed by atoms with E-state index in [1.807, 2.05) is 24.3 Å². The number of hydrogen-bond acceptors (Lipinski definition) is 3. The van der Waals surface area contributed by atoms with E-state index in [9.17, 15) is 14.7 Å². The molecule has 5 heteroatoms. The van der Waals surface area contributed by atoms with E-state index in [4.69, 9.17) is 4.74 Å². The van der Waals surface area contributed by atoms with Crippen molar-refractivity contribution in [1.29, 1.82) is 0 Å². The van der Waals surface area contributed by atoms with Gasteiger partial charge in [0.1, 0.15) is 5.75 Å². The third-order valence-electron chi connectivity index (χ3n) is 4.10. The van der Waals surface area contributed by atoms with Gasteiger partial charge in [0.05, 0.1) is 18.9 Å². The molecule has 2 rings (SSSR count). The number of para-hydroxylation sites is 1. The first-order chi connectivity index (χ1) is 9.96. The molecule has 1 heterocycles. The summed E-state index contributed by atoms with van der Waals surface area (Å²) in [5.74, 6) is -0.201. The van der Waals surface area contributed by atoms with E-state index < -0.39 is 11.4 Å². The lowest BCUT2D eigenvalue weighted by Gasteiger charge is -2.37. The largest absolute Gasteiger partial charge is 0.496 e. The average molecular weight is 291 g/mol. The fraction of sp³-hybridized carbons (Fsp3) is 0.500. The number of likely N-dealkylation sites (tertiary alicyclic amines) is 1. The molecule has 21 heavy (non-hydrogen) atoms. The highest BCUT2D eigenvalue weighted by atomic mass is 16.5. The first-order valence-electron chi connectivity index (χ1n) is 7.09. The Morgan fingerprint density at radius 2 is 2.10 bits per heavy atom. The topological polar surface area (TPSA) is 66.8 Å². The van der Waals surface area contributed by atoms with Crippen molar-refractivity contribution in [2.75, 3.05) is 20.2 Å². The van der Waals surface area contributed by atoms with E-state index in [1.54, 1.807) is 18.9 Å². The lowest BCUT2D eigenvalue weighted by Crippen LogP contribution is -2.48. The third-order valence-corrected chi connectivity index (χ3v) is 4.10. The van der Waals surface area contributed by atoms with Gasteiger partial charge in [-0.15, -0.1) is 0 Å². The molecule has 1 N–H and O–H groups in total. The Hall–Kier alpha value is -2.04. The maximum absolute atomic E-state index is 12.4. The van der Waals surface area contributed by atoms with Gasteiger partial charge in [-0.3, -0.25) is 9.59 Å². The molecule has 1 aliphatic heterocycles. The van der Waals surface area contributed by atoms with E-state index in [2.05, 4.69) is 0 Å². The van der Waals surface area contributed by atoms with Crippen LogP contribution in [0.4, 0.5) is 0 Å². The minimum Gasteiger partial charge on any atom is -0.496 e. The van der Waals surface area contributed by atoms with Crippen LogP contribution < -0.4 is 4.74 Å². The second-order valence-corrected chi connectivity index (χ2v) is 5.77. The zero-order valence-electron chi connectivity index (χ0n) is 12.5. The summed E-state index contributed by atoms with van der Waals surface area (Å²) in [6.07, 6.45) is 1.57. The predicted octanol–water partition coefficient (Wildman–Crippen LogP) is 1.95. The molecule has 0 bridgehead atoms. The number of amides is 1. The molecule has 0 radical (unpaired) electrons. The molecule has 1 saturated heterocycles. The number of methoxy groups -OCH3 is 1. The Bertz CT molecular complexity index is 543. The van der Waals surface area contributed by atoms with E-state index in [0.717, 1.165) is 12.0 Å². The predicted molar refractivity (Wildman–Crippen MR) is 78.3 cm³/mol. The average Bonchev–Trinajstić information content (AvgIpc) is 2.47. The molecule has 114 valence electrons. The number of hydrogen-bond donors (Lipinski definition) is 1. The van der Waals surface area contributed by atoms with Crippen LogP contribution in [0.3, 0.4) is 0 Å². The van der Waals surface area contributed by atoms with Gasteiger partial charge in [-0.1, -0.05) is 18.2 Å². The molecule has 1 atom stereocenters. The SMILES string of the molecule is COc1ccccc1CC(=O)N1CCCC(C)(C(=O)O)C1. The Balaban J connectivity index is 2.08. The Kier molecular flexibility index (Phi) is 4.50. The highest BCUT2D eigenvalue weighted by Gasteiger charge is 2.39. The summed E-state index contributed by atoms with van der Waals surface area (Å²) in [5, 5.41) is 9.31. The minimum absolute atomic E-state index is 0.0494. The molecule has 1 amide bonds. The monoisotopic (exact) mass is 291 g/mol. The van der Waals surface area contributed by atoms with Crippen LogP contribution in [0.25, 0.3) is 0 Å². The lowest BCUT2D eigenvalue weighted by molar-refractivity contribution is -0.153. The normalized spacial score (nSPS) is 21.9. The number of carbonyl (C=O) groups is 2. The highest BCUT2D eigenvalue weighted by Crippen LogP contribution is 2.30. The van der Waals surface area contributed by atoms with Crippen LogP contribution in [0.2, 0.25) is 0 Å². The number of aliphatic carboxylic acids is 1. The van der Waals surface area contributed by atoms with E-state index in [1.165, 1.54) is 0 Å². The van der Waals surface area contributed by atoms with Crippen molar-refractivity contribution in [2.24, 2.45) is 5.41 Å². The Morgan fingerprint density at radius 1 is 1.38 bits per heavy atom. The molecule has 0 aromatic heterocycles. The zero-order chi connectivity index (χ0) is 15.5. The number of ether oxygens (including phenoxy) is 1. The van der Waals surface area contributed by atoms with Gasteiger partial charge in [-0.05, 0) is 25.8 Å². The highest BCUT2D eigenvalue weighted by molar-refractivity contribution is 5.81. The Labute approximate surface area is 124 Å². The smallest absolute Gasteiger partial charge is 0.311 e. The van der Waals surface area contributed by atoms with Gasteiger partial charge in [-0.2, -0.15) is 0 Å². The number of carboxylic acid groups (broad SMARTS) is 1. The fourth-order valence-corrected chi connectivity index (χ4v) is 2.75. The number of piperidine rings is 1. The summed E-state index contributed by atoms with van der Waals surface area (Å²) in [6.45, 7) is 2.60. The summed E-state index contributed by atoms with van der Waals surface area (Å²) in [6, 6.07) is 7.40. The zero-order valence-corrected chi connectivity index (χ0v) is 12.5. The van der Waals surface area contributed by atoms with Crippen LogP contribution in [0, 0.1) is 5.41 Å². The molecule has 1 aromatic carbocycles. The van der Waals surface area contributed by atoms with Gasteiger partial charge in [0.2, 0.25) is 5.91 Å². The molecule has 1 unspecified atom stereocenters. The van der Waals surface area contributed by atoms with Gasteiger partial charge < -0.3 is 14.7 Å². The molecular weight excluding hydrogens is 270 g/mol. The second kappa shape index (κ2) is 6.16. The maximum Gasteiger partial charge on any atom is 0.311 e. The van der Waals surface area contributed by atoms with Gasteiger partial charge in [0, 0.05) is 18.7 Å². The summed E-state index contributed by atoms with van der Waals surface area (Å²) >= 11 is 0. The third kappa shape index (κ3) is 3.35. The number of carbonyl (C=O) groups excluding carboxylic acids is 1. The van der Waals surface area contributed by atoms with Crippen molar-refractivity contribution in [3.63, 3.8) is 0 Å². The molecule has 0 spiro atoms. The molecule has 0 saturated carbocycles. The first kappa shape index (κ1) is 15.4. The molecular formula is C16H21NO4. The molecule has 5 nitrogen and oxygen atoms in total. The summed E-state index contributed by atoms with van der Waals surface area (Å²) in [5.41, 5.74) is -0.0121. The number of carboxylic acids is 1. The van der Waals surface area contributed by atoms with Crippen molar-refractivity contribution in [3.8, 4) is 5.75 Å². The quantitative estimate of drug-likeness (QED) is 0.920. The van der Waals surface area contributed by atoms with E-state index >= 15 is 0 Å². The fourth-order valence-electron chi connectivity index (χ4n) is 2.75. The maximum atomic E-state index is 12.4. The summed E-state index contributed by atoms with van der Waals surface area (Å²) < 4.78 is 5.25. The van der Waals surface area contributed by atoms with Gasteiger partial charge in [-0.25, -0.2) is 0 Å². The van der Waals surface area contributed by atoms with Crippen molar-refractivity contribution in [1.82, 2.24) is 4.90 Å². The van der Waals surface area contributed by atoms with E-state index in [0.29, 0.717) is 18.7 Å².